The van der Waals surface area contributed by atoms with Crippen molar-refractivity contribution in [3.05, 3.63) is 0 Å². The second-order valence-corrected chi connectivity index (χ2v) is 12.2. The van der Waals surface area contributed by atoms with Gasteiger partial charge in [-0.1, -0.05) is 90.4 Å². The minimum absolute atomic E-state index is 0.0120. The van der Waals surface area contributed by atoms with Crippen LogP contribution in [0.1, 0.15) is 96.8 Å². The van der Waals surface area contributed by atoms with Gasteiger partial charge in [0.05, 0.1) is 26.4 Å². The summed E-state index contributed by atoms with van der Waals surface area (Å²) >= 11 is 0. The first-order valence-corrected chi connectivity index (χ1v) is 16.7. The lowest BCUT2D eigenvalue weighted by atomic mass is 9.97. The lowest BCUT2D eigenvalue weighted by Crippen LogP contribution is -2.65. The maximum absolute atomic E-state index is 10.8. The molecule has 8 N–H and O–H groups in total. The Morgan fingerprint density at radius 3 is 1.61 bits per heavy atom. The second-order valence-electron chi connectivity index (χ2n) is 12.2. The van der Waals surface area contributed by atoms with Crippen LogP contribution in [0.4, 0.5) is 0 Å². The van der Waals surface area contributed by atoms with Gasteiger partial charge in [0.1, 0.15) is 54.9 Å². The average Bonchev–Trinajstić information content (AvgIpc) is 3.02. The molecule has 0 aromatic heterocycles. The Bertz CT molecular complexity index is 701. The summed E-state index contributed by atoms with van der Waals surface area (Å²) in [4.78, 5) is 0. The van der Waals surface area contributed by atoms with Crippen LogP contribution in [-0.2, 0) is 23.7 Å². The summed E-state index contributed by atoms with van der Waals surface area (Å²) < 4.78 is 27.3. The van der Waals surface area contributed by atoms with Crippen LogP contribution in [-0.4, -0.2) is 141 Å². The Morgan fingerprint density at radius 2 is 1.07 bits per heavy atom. The molecule has 0 spiro atoms. The first-order valence-electron chi connectivity index (χ1n) is 16.7. The van der Waals surface area contributed by atoms with Crippen molar-refractivity contribution in [2.24, 2.45) is 0 Å². The summed E-state index contributed by atoms with van der Waals surface area (Å²) in [5.41, 5.74) is 0. The molecule has 2 heterocycles. The van der Waals surface area contributed by atoms with Crippen molar-refractivity contribution >= 4 is 0 Å². The molecule has 0 bridgehead atoms. The summed E-state index contributed by atoms with van der Waals surface area (Å²) in [7, 11) is 0. The van der Waals surface area contributed by atoms with Crippen molar-refractivity contribution in [3.63, 3.8) is 0 Å². The zero-order valence-corrected chi connectivity index (χ0v) is 26.4. The summed E-state index contributed by atoms with van der Waals surface area (Å²) in [6, 6.07) is 0. The smallest absolute Gasteiger partial charge is 0.187 e. The lowest BCUT2D eigenvalue weighted by molar-refractivity contribution is -0.361. The van der Waals surface area contributed by atoms with Crippen molar-refractivity contribution in [2.45, 2.75) is 164 Å². The van der Waals surface area contributed by atoms with Gasteiger partial charge < -0.3 is 64.5 Å². The third-order valence-electron chi connectivity index (χ3n) is 8.37. The highest BCUT2D eigenvalue weighted by atomic mass is 16.7. The first-order chi connectivity index (χ1) is 21.2. The Labute approximate surface area is 262 Å². The van der Waals surface area contributed by atoms with E-state index >= 15 is 0 Å². The average molecular weight is 641 g/mol. The third-order valence-corrected chi connectivity index (χ3v) is 8.37. The van der Waals surface area contributed by atoms with E-state index in [4.69, 9.17) is 23.7 Å². The van der Waals surface area contributed by atoms with E-state index in [1.807, 2.05) is 0 Å². The zero-order chi connectivity index (χ0) is 32.3. The minimum Gasteiger partial charge on any atom is -0.394 e. The molecule has 2 saturated heterocycles. The van der Waals surface area contributed by atoms with E-state index in [-0.39, 0.29) is 13.2 Å². The zero-order valence-electron chi connectivity index (χ0n) is 26.4. The standard InChI is InChI=1S/C31H60O13/c1-2-3-4-5-6-7-8-9-10-11-12-13-14-15-16-40-19-21(34)20-41-30-28(39)29(25(36)23(18-33)42-30)44-31-27(38)26(37)24(35)22(17-32)43-31/h21-39H,2-20H2,1H3/t21?,22-,23-,24-,25-,26+,27-,28+,29+,30+,31-/m1/s1. The molecular formula is C31H60O13. The van der Waals surface area contributed by atoms with Gasteiger partial charge in [0.15, 0.2) is 12.6 Å². The fraction of sp³-hybridized carbons (Fsp3) is 1.00. The van der Waals surface area contributed by atoms with Gasteiger partial charge in [-0.15, -0.1) is 0 Å². The molecule has 11 atom stereocenters. The van der Waals surface area contributed by atoms with Gasteiger partial charge in [-0.2, -0.15) is 0 Å². The van der Waals surface area contributed by atoms with Crippen LogP contribution in [0.15, 0.2) is 0 Å². The highest BCUT2D eigenvalue weighted by molar-refractivity contribution is 4.94. The molecule has 0 aromatic rings. The van der Waals surface area contributed by atoms with Gasteiger partial charge in [-0.05, 0) is 6.42 Å². The summed E-state index contributed by atoms with van der Waals surface area (Å²) in [5.74, 6) is 0. The van der Waals surface area contributed by atoms with Gasteiger partial charge in [0.25, 0.3) is 0 Å². The fourth-order valence-electron chi connectivity index (χ4n) is 5.56. The lowest BCUT2D eigenvalue weighted by Gasteiger charge is -2.46. The molecule has 0 radical (unpaired) electrons. The van der Waals surface area contributed by atoms with Gasteiger partial charge in [-0.25, -0.2) is 0 Å². The predicted octanol–water partition coefficient (Wildman–Crippen LogP) is 0.486. The quantitative estimate of drug-likeness (QED) is 0.0677. The van der Waals surface area contributed by atoms with Crippen LogP contribution in [0, 0.1) is 0 Å². The molecule has 13 nitrogen and oxygen atoms in total. The summed E-state index contributed by atoms with van der Waals surface area (Å²) in [5, 5.41) is 80.9. The van der Waals surface area contributed by atoms with Crippen molar-refractivity contribution in [3.8, 4) is 0 Å². The van der Waals surface area contributed by atoms with E-state index in [0.29, 0.717) is 6.61 Å². The Hall–Kier alpha value is -0.520. The number of hydrogen-bond acceptors (Lipinski definition) is 13. The van der Waals surface area contributed by atoms with Gasteiger partial charge in [0, 0.05) is 6.61 Å². The van der Waals surface area contributed by atoms with Gasteiger partial charge >= 0.3 is 0 Å². The van der Waals surface area contributed by atoms with Crippen LogP contribution in [0.2, 0.25) is 0 Å². The topological polar surface area (TPSA) is 208 Å². The van der Waals surface area contributed by atoms with Crippen molar-refractivity contribution in [1.29, 1.82) is 0 Å². The molecule has 0 aliphatic carbocycles. The normalized spacial score (nSPS) is 33.5. The molecule has 1 unspecified atom stereocenters. The van der Waals surface area contributed by atoms with Crippen LogP contribution >= 0.6 is 0 Å². The molecule has 2 rings (SSSR count). The number of hydrogen-bond donors (Lipinski definition) is 8. The van der Waals surface area contributed by atoms with E-state index in [9.17, 15) is 40.9 Å². The van der Waals surface area contributed by atoms with E-state index < -0.39 is 80.7 Å². The molecule has 13 heteroatoms. The molecule has 262 valence electrons. The maximum Gasteiger partial charge on any atom is 0.187 e. The molecule has 2 aliphatic rings. The largest absolute Gasteiger partial charge is 0.394 e. The van der Waals surface area contributed by atoms with E-state index in [0.717, 1.165) is 19.3 Å². The van der Waals surface area contributed by atoms with Crippen LogP contribution < -0.4 is 0 Å². The number of ether oxygens (including phenoxy) is 5. The minimum atomic E-state index is -1.76. The molecule has 2 aliphatic heterocycles. The molecule has 44 heavy (non-hydrogen) atoms. The fourth-order valence-corrected chi connectivity index (χ4v) is 5.56. The van der Waals surface area contributed by atoms with Crippen LogP contribution in [0.25, 0.3) is 0 Å². The highest BCUT2D eigenvalue weighted by Crippen LogP contribution is 2.29. The molecule has 0 aromatic carbocycles. The number of aliphatic hydroxyl groups is 8. The van der Waals surface area contributed by atoms with Crippen molar-refractivity contribution < 1.29 is 64.5 Å². The predicted molar refractivity (Wildman–Crippen MR) is 159 cm³/mol. The van der Waals surface area contributed by atoms with Crippen LogP contribution in [0.3, 0.4) is 0 Å². The SMILES string of the molecule is CCCCCCCCCCCCCCCCOCC(O)CO[C@H]1O[C@H](CO)[C@@H](O)[C@H](O[C@H]2O[C@H](CO)[C@@H](O)[C@H](O)[C@H]2O)[C@@H]1O. The van der Waals surface area contributed by atoms with Crippen LogP contribution in [0.5, 0.6) is 0 Å². The third kappa shape index (κ3) is 13.7. The Balaban J connectivity index is 1.60. The number of aliphatic hydroxyl groups excluding tert-OH is 8. The van der Waals surface area contributed by atoms with Gasteiger partial charge in [0.2, 0.25) is 0 Å². The summed E-state index contributed by atoms with van der Waals surface area (Å²) in [6.45, 7) is 1.14. The number of rotatable bonds is 24. The molecule has 0 amide bonds. The Kier molecular flexibility index (Phi) is 20.7. The van der Waals surface area contributed by atoms with Gasteiger partial charge in [-0.3, -0.25) is 0 Å². The number of unbranched alkanes of at least 4 members (excludes halogenated alkanes) is 13. The maximum atomic E-state index is 10.8. The van der Waals surface area contributed by atoms with Crippen molar-refractivity contribution in [1.82, 2.24) is 0 Å². The van der Waals surface area contributed by atoms with E-state index in [2.05, 4.69) is 6.92 Å². The highest BCUT2D eigenvalue weighted by Gasteiger charge is 2.50. The van der Waals surface area contributed by atoms with E-state index in [1.165, 1.54) is 70.6 Å². The molecular weight excluding hydrogens is 580 g/mol. The van der Waals surface area contributed by atoms with Crippen molar-refractivity contribution in [2.75, 3.05) is 33.0 Å². The second kappa shape index (κ2) is 22.9. The van der Waals surface area contributed by atoms with E-state index in [1.54, 1.807) is 0 Å². The molecule has 0 saturated carbocycles. The summed E-state index contributed by atoms with van der Waals surface area (Å²) in [6.07, 6.45) is 1.29. The monoisotopic (exact) mass is 640 g/mol. The Morgan fingerprint density at radius 1 is 0.568 bits per heavy atom. The first kappa shape index (κ1) is 39.7. The molecule has 2 fully saturated rings.